The number of amides is 1. The Morgan fingerprint density at radius 3 is 2.29 bits per heavy atom. The van der Waals surface area contributed by atoms with E-state index in [1.165, 1.54) is 5.56 Å². The number of aromatic nitrogens is 5. The van der Waals surface area contributed by atoms with Gasteiger partial charge in [-0.25, -0.2) is 9.78 Å². The van der Waals surface area contributed by atoms with E-state index >= 15 is 0 Å². The Morgan fingerprint density at radius 1 is 0.857 bits per heavy atom. The molecule has 2 aliphatic heterocycles. The molecule has 2 aromatic heterocycles. The number of rotatable bonds is 6. The fourth-order valence-electron chi connectivity index (χ4n) is 6.20. The summed E-state index contributed by atoms with van der Waals surface area (Å²) >= 11 is 0. The first kappa shape index (κ1) is 26.3. The van der Waals surface area contributed by atoms with Crippen molar-refractivity contribution in [1.82, 2.24) is 34.5 Å². The number of H-pyrrole nitrogens is 1. The molecule has 1 N–H and O–H groups in total. The predicted octanol–water partition coefficient (Wildman–Crippen LogP) is 4.63. The number of para-hydroxylation sites is 2. The van der Waals surface area contributed by atoms with Crippen LogP contribution >= 0.6 is 0 Å². The Bertz CT molecular complexity index is 1780. The lowest BCUT2D eigenvalue weighted by Gasteiger charge is -2.37. The minimum Gasteiger partial charge on any atom is -0.341 e. The molecule has 1 amide bonds. The highest BCUT2D eigenvalue weighted by Crippen LogP contribution is 2.32. The van der Waals surface area contributed by atoms with Gasteiger partial charge in [0.05, 0.1) is 17.0 Å². The molecule has 0 aliphatic carbocycles. The zero-order valence-corrected chi connectivity index (χ0v) is 23.6. The molecule has 212 valence electrons. The van der Waals surface area contributed by atoms with Crippen LogP contribution in [0.3, 0.4) is 0 Å². The van der Waals surface area contributed by atoms with E-state index in [4.69, 9.17) is 4.98 Å². The molecule has 9 heteroatoms. The number of nitrogens with one attached hydrogen (secondary N) is 1. The second kappa shape index (κ2) is 11.0. The Hall–Kier alpha value is -4.63. The zero-order valence-electron chi connectivity index (χ0n) is 23.6. The predicted molar refractivity (Wildman–Crippen MR) is 162 cm³/mol. The largest absolute Gasteiger partial charge is 0.341 e. The van der Waals surface area contributed by atoms with Gasteiger partial charge in [0.25, 0.3) is 0 Å². The van der Waals surface area contributed by atoms with Crippen LogP contribution in [-0.4, -0.2) is 66.6 Å². The third-order valence-corrected chi connectivity index (χ3v) is 8.62. The van der Waals surface area contributed by atoms with E-state index in [2.05, 4.69) is 44.3 Å². The lowest BCUT2D eigenvalue weighted by Crippen LogP contribution is -2.48. The van der Waals surface area contributed by atoms with Crippen molar-refractivity contribution in [2.45, 2.75) is 38.3 Å². The molecule has 0 atom stereocenters. The highest BCUT2D eigenvalue weighted by Gasteiger charge is 2.33. The van der Waals surface area contributed by atoms with Crippen molar-refractivity contribution in [3.05, 3.63) is 101 Å². The number of nitrogens with zero attached hydrogens (tertiary/aromatic N) is 6. The number of carbonyl (C=O) groups is 1. The smallest absolute Gasteiger partial charge is 0.326 e. The van der Waals surface area contributed by atoms with Crippen LogP contribution < -0.4 is 5.69 Å². The molecule has 0 spiro atoms. The van der Waals surface area contributed by atoms with Gasteiger partial charge in [-0.2, -0.15) is 0 Å². The summed E-state index contributed by atoms with van der Waals surface area (Å²) in [5, 5.41) is 9.09. The average molecular weight is 560 g/mol. The van der Waals surface area contributed by atoms with E-state index in [0.29, 0.717) is 18.9 Å². The lowest BCUT2D eigenvalue weighted by molar-refractivity contribution is -0.133. The van der Waals surface area contributed by atoms with Gasteiger partial charge in [0, 0.05) is 56.8 Å². The van der Waals surface area contributed by atoms with Crippen molar-refractivity contribution >= 4 is 16.9 Å². The molecule has 7 rings (SSSR count). The molecule has 3 aromatic carbocycles. The molecule has 0 unspecified atom stereocenters. The number of fused-ring (bicyclic) bond motifs is 1. The molecule has 2 aliphatic rings. The summed E-state index contributed by atoms with van der Waals surface area (Å²) in [4.78, 5) is 36.6. The molecule has 0 saturated carbocycles. The van der Waals surface area contributed by atoms with Gasteiger partial charge in [0.1, 0.15) is 11.4 Å². The lowest BCUT2D eigenvalue weighted by atomic mass is 9.98. The van der Waals surface area contributed by atoms with Crippen molar-refractivity contribution in [2.24, 2.45) is 0 Å². The summed E-state index contributed by atoms with van der Waals surface area (Å²) in [6, 6.07) is 26.7. The van der Waals surface area contributed by atoms with Crippen LogP contribution in [0.15, 0.2) is 83.7 Å². The fraction of sp³-hybridized carbons (Fsp3) is 0.303. The van der Waals surface area contributed by atoms with Crippen LogP contribution in [0.2, 0.25) is 0 Å². The van der Waals surface area contributed by atoms with E-state index in [1.54, 1.807) is 11.8 Å². The van der Waals surface area contributed by atoms with E-state index in [0.717, 1.165) is 66.0 Å². The van der Waals surface area contributed by atoms with E-state index in [-0.39, 0.29) is 23.6 Å². The Balaban J connectivity index is 1.07. The van der Waals surface area contributed by atoms with Gasteiger partial charge in [-0.05, 0) is 30.5 Å². The van der Waals surface area contributed by atoms with Gasteiger partial charge in [0.15, 0.2) is 5.82 Å². The molecule has 42 heavy (non-hydrogen) atoms. The van der Waals surface area contributed by atoms with Crippen LogP contribution in [0.25, 0.3) is 33.5 Å². The summed E-state index contributed by atoms with van der Waals surface area (Å²) in [6.07, 6.45) is 1.88. The van der Waals surface area contributed by atoms with Gasteiger partial charge >= 0.3 is 5.69 Å². The molecule has 4 heterocycles. The zero-order chi connectivity index (χ0) is 28.6. The van der Waals surface area contributed by atoms with Gasteiger partial charge in [0.2, 0.25) is 5.91 Å². The first-order valence-electron chi connectivity index (χ1n) is 14.6. The maximum atomic E-state index is 12.7. The van der Waals surface area contributed by atoms with Crippen LogP contribution in [0.4, 0.5) is 0 Å². The van der Waals surface area contributed by atoms with Crippen LogP contribution in [-0.2, 0) is 11.3 Å². The summed E-state index contributed by atoms with van der Waals surface area (Å²) in [5.74, 6) is 0.864. The van der Waals surface area contributed by atoms with Crippen molar-refractivity contribution in [2.75, 3.05) is 26.2 Å². The number of piperidine rings is 1. The monoisotopic (exact) mass is 559 g/mol. The van der Waals surface area contributed by atoms with Crippen molar-refractivity contribution in [1.29, 1.82) is 0 Å². The molecule has 0 bridgehead atoms. The van der Waals surface area contributed by atoms with E-state index in [9.17, 15) is 9.59 Å². The molecule has 2 fully saturated rings. The number of imidazole rings is 1. The number of hydrogen-bond acceptors (Lipinski definition) is 6. The van der Waals surface area contributed by atoms with Gasteiger partial charge in [-0.15, -0.1) is 10.2 Å². The first-order chi connectivity index (χ1) is 20.5. The normalized spacial score (nSPS) is 16.5. The quantitative estimate of drug-likeness (QED) is 0.326. The number of hydrogen-bond donors (Lipinski definition) is 1. The molecular formula is C33H33N7O2. The topological polar surface area (TPSA) is 100 Å². The van der Waals surface area contributed by atoms with Crippen molar-refractivity contribution in [3.8, 4) is 22.5 Å². The number of benzene rings is 3. The third-order valence-electron chi connectivity index (χ3n) is 8.62. The van der Waals surface area contributed by atoms with Gasteiger partial charge in [-0.3, -0.25) is 14.3 Å². The van der Waals surface area contributed by atoms with Gasteiger partial charge in [-0.1, -0.05) is 66.7 Å². The van der Waals surface area contributed by atoms with Crippen LogP contribution in [0.5, 0.6) is 0 Å². The average Bonchev–Trinajstić information content (AvgIpc) is 3.33. The standard InChI is InChI=1S/C33H33N7O2/c1-22(41)39-20-26(21-39)32-35-30(31(36-37-32)24-7-3-2-4-8-24)25-13-11-23(12-14-25)19-38-17-15-27(16-18-38)40-29-10-6-5-9-28(29)34-33(40)42/h2-14,26-27H,15-21H2,1H3,(H,34,42). The third kappa shape index (κ3) is 5.00. The summed E-state index contributed by atoms with van der Waals surface area (Å²) < 4.78 is 1.94. The highest BCUT2D eigenvalue weighted by molar-refractivity contribution is 5.78. The summed E-state index contributed by atoms with van der Waals surface area (Å²) in [5.41, 5.74) is 6.64. The molecule has 0 radical (unpaired) electrons. The van der Waals surface area contributed by atoms with E-state index < -0.39 is 0 Å². The second-order valence-electron chi connectivity index (χ2n) is 11.4. The van der Waals surface area contributed by atoms with Crippen LogP contribution in [0.1, 0.15) is 43.1 Å². The Morgan fingerprint density at radius 2 is 1.55 bits per heavy atom. The minimum absolute atomic E-state index is 0.0176. The fourth-order valence-corrected chi connectivity index (χ4v) is 6.20. The summed E-state index contributed by atoms with van der Waals surface area (Å²) in [7, 11) is 0. The van der Waals surface area contributed by atoms with Crippen LogP contribution in [0, 0.1) is 0 Å². The first-order valence-corrected chi connectivity index (χ1v) is 14.6. The molecular weight excluding hydrogens is 526 g/mol. The number of carbonyl (C=O) groups excluding carboxylic acids is 1. The Kier molecular flexibility index (Phi) is 6.87. The summed E-state index contributed by atoms with van der Waals surface area (Å²) in [6.45, 7) is 5.59. The Labute approximate surface area is 243 Å². The molecule has 5 aromatic rings. The number of aromatic amines is 1. The van der Waals surface area contributed by atoms with Crippen molar-refractivity contribution in [3.63, 3.8) is 0 Å². The molecule has 9 nitrogen and oxygen atoms in total. The second-order valence-corrected chi connectivity index (χ2v) is 11.4. The minimum atomic E-state index is -0.0176. The number of likely N-dealkylation sites (tertiary alicyclic amines) is 2. The van der Waals surface area contributed by atoms with Gasteiger partial charge < -0.3 is 9.88 Å². The molecule has 2 saturated heterocycles. The van der Waals surface area contributed by atoms with E-state index in [1.807, 2.05) is 59.2 Å². The maximum absolute atomic E-state index is 12.7. The highest BCUT2D eigenvalue weighted by atomic mass is 16.2. The maximum Gasteiger partial charge on any atom is 0.326 e. The van der Waals surface area contributed by atoms with Crippen molar-refractivity contribution < 1.29 is 4.79 Å². The SMILES string of the molecule is CC(=O)N1CC(c2nnc(-c3ccccc3)c(-c3ccc(CN4CCC(n5c(=O)[nH]c6ccccc65)CC4)cc3)n2)C1.